The second kappa shape index (κ2) is 4.60. The van der Waals surface area contributed by atoms with Crippen LogP contribution in [0.25, 0.3) is 0 Å². The third-order valence-corrected chi connectivity index (χ3v) is 3.59. The van der Waals surface area contributed by atoms with Crippen molar-refractivity contribution in [2.45, 2.75) is 25.8 Å². The summed E-state index contributed by atoms with van der Waals surface area (Å²) in [5.41, 5.74) is 5.92. The molecule has 3 atom stereocenters. The number of hydrogen-bond donors (Lipinski definition) is 1. The molecule has 2 fully saturated rings. The Balaban J connectivity index is 1.72. The molecular formula is C11H22N2O. The van der Waals surface area contributed by atoms with Gasteiger partial charge in [0.05, 0.1) is 6.61 Å². The molecule has 0 spiro atoms. The molecule has 3 heteroatoms. The van der Waals surface area contributed by atoms with E-state index in [4.69, 9.17) is 10.5 Å². The van der Waals surface area contributed by atoms with Crippen LogP contribution < -0.4 is 5.73 Å². The zero-order valence-corrected chi connectivity index (χ0v) is 9.11. The highest BCUT2D eigenvalue weighted by molar-refractivity contribution is 4.82. The van der Waals surface area contributed by atoms with Gasteiger partial charge in [-0.3, -0.25) is 0 Å². The van der Waals surface area contributed by atoms with Crippen molar-refractivity contribution in [2.24, 2.45) is 17.6 Å². The van der Waals surface area contributed by atoms with E-state index in [0.29, 0.717) is 6.04 Å². The van der Waals surface area contributed by atoms with Gasteiger partial charge >= 0.3 is 0 Å². The van der Waals surface area contributed by atoms with Gasteiger partial charge in [-0.25, -0.2) is 0 Å². The SMILES string of the molecule is CC(N)C1CCN(CC2CCOC2)C1. The van der Waals surface area contributed by atoms with Gasteiger partial charge in [0.2, 0.25) is 0 Å². The number of likely N-dealkylation sites (tertiary alicyclic amines) is 1. The number of ether oxygens (including phenoxy) is 1. The van der Waals surface area contributed by atoms with Crippen molar-refractivity contribution in [3.05, 3.63) is 0 Å². The maximum Gasteiger partial charge on any atom is 0.0507 e. The molecule has 0 radical (unpaired) electrons. The highest BCUT2D eigenvalue weighted by Gasteiger charge is 2.27. The fraction of sp³-hybridized carbons (Fsp3) is 1.00. The Morgan fingerprint density at radius 3 is 2.93 bits per heavy atom. The van der Waals surface area contributed by atoms with E-state index < -0.39 is 0 Å². The Hall–Kier alpha value is -0.120. The van der Waals surface area contributed by atoms with Crippen LogP contribution in [0.5, 0.6) is 0 Å². The van der Waals surface area contributed by atoms with E-state index in [1.165, 1.54) is 32.5 Å². The lowest BCUT2D eigenvalue weighted by Crippen LogP contribution is -2.32. The molecule has 2 aliphatic heterocycles. The van der Waals surface area contributed by atoms with E-state index in [2.05, 4.69) is 11.8 Å². The Morgan fingerprint density at radius 1 is 1.50 bits per heavy atom. The Labute approximate surface area is 86.6 Å². The van der Waals surface area contributed by atoms with E-state index >= 15 is 0 Å². The van der Waals surface area contributed by atoms with E-state index in [0.717, 1.165) is 25.0 Å². The van der Waals surface area contributed by atoms with E-state index in [-0.39, 0.29) is 0 Å². The van der Waals surface area contributed by atoms with Gasteiger partial charge in [-0.05, 0) is 38.1 Å². The summed E-state index contributed by atoms with van der Waals surface area (Å²) in [6.45, 7) is 7.74. The molecule has 2 aliphatic rings. The molecular weight excluding hydrogens is 176 g/mol. The van der Waals surface area contributed by atoms with Gasteiger partial charge in [0.25, 0.3) is 0 Å². The summed E-state index contributed by atoms with van der Waals surface area (Å²) in [5, 5.41) is 0. The molecule has 82 valence electrons. The quantitative estimate of drug-likeness (QED) is 0.725. The fourth-order valence-electron chi connectivity index (χ4n) is 2.55. The second-order valence-electron chi connectivity index (χ2n) is 4.90. The molecule has 2 N–H and O–H groups in total. The maximum absolute atomic E-state index is 5.92. The van der Waals surface area contributed by atoms with Crippen LogP contribution in [0, 0.1) is 11.8 Å². The first-order valence-electron chi connectivity index (χ1n) is 5.81. The number of nitrogens with two attached hydrogens (primary N) is 1. The molecule has 0 aromatic rings. The van der Waals surface area contributed by atoms with Crippen LogP contribution in [0.3, 0.4) is 0 Å². The first kappa shape index (κ1) is 10.4. The van der Waals surface area contributed by atoms with Crippen molar-refractivity contribution < 1.29 is 4.74 Å². The highest BCUT2D eigenvalue weighted by atomic mass is 16.5. The Bertz CT molecular complexity index is 178. The third kappa shape index (κ3) is 2.47. The minimum Gasteiger partial charge on any atom is -0.381 e. The second-order valence-corrected chi connectivity index (χ2v) is 4.90. The van der Waals surface area contributed by atoms with Crippen LogP contribution in [-0.2, 0) is 4.74 Å². The molecule has 0 aliphatic carbocycles. The fourth-order valence-corrected chi connectivity index (χ4v) is 2.55. The molecule has 0 aromatic heterocycles. The summed E-state index contributed by atoms with van der Waals surface area (Å²) in [4.78, 5) is 2.56. The van der Waals surface area contributed by atoms with Crippen molar-refractivity contribution in [1.29, 1.82) is 0 Å². The van der Waals surface area contributed by atoms with Crippen molar-refractivity contribution in [3.63, 3.8) is 0 Å². The summed E-state index contributed by atoms with van der Waals surface area (Å²) in [6, 6.07) is 0.361. The lowest BCUT2D eigenvalue weighted by molar-refractivity contribution is 0.172. The highest BCUT2D eigenvalue weighted by Crippen LogP contribution is 2.22. The molecule has 14 heavy (non-hydrogen) atoms. The van der Waals surface area contributed by atoms with Gasteiger partial charge < -0.3 is 15.4 Å². The predicted molar refractivity (Wildman–Crippen MR) is 57.1 cm³/mol. The third-order valence-electron chi connectivity index (χ3n) is 3.59. The van der Waals surface area contributed by atoms with Crippen LogP contribution in [0.4, 0.5) is 0 Å². The van der Waals surface area contributed by atoms with E-state index in [1.54, 1.807) is 0 Å². The molecule has 3 unspecified atom stereocenters. The molecule has 0 bridgehead atoms. The first-order chi connectivity index (χ1) is 6.75. The summed E-state index contributed by atoms with van der Waals surface area (Å²) >= 11 is 0. The van der Waals surface area contributed by atoms with Gasteiger partial charge in [0.15, 0.2) is 0 Å². The van der Waals surface area contributed by atoms with Gasteiger partial charge in [0, 0.05) is 25.7 Å². The van der Waals surface area contributed by atoms with Crippen molar-refractivity contribution in [2.75, 3.05) is 32.8 Å². The average Bonchev–Trinajstić information content (AvgIpc) is 2.75. The molecule has 0 saturated carbocycles. The topological polar surface area (TPSA) is 38.5 Å². The van der Waals surface area contributed by atoms with Crippen molar-refractivity contribution in [3.8, 4) is 0 Å². The number of rotatable bonds is 3. The number of hydrogen-bond acceptors (Lipinski definition) is 3. The van der Waals surface area contributed by atoms with Gasteiger partial charge in [-0.2, -0.15) is 0 Å². The van der Waals surface area contributed by atoms with Crippen LogP contribution in [-0.4, -0.2) is 43.8 Å². The normalized spacial score (nSPS) is 36.4. The monoisotopic (exact) mass is 198 g/mol. The van der Waals surface area contributed by atoms with Crippen LogP contribution in [0.1, 0.15) is 19.8 Å². The van der Waals surface area contributed by atoms with Gasteiger partial charge in [-0.15, -0.1) is 0 Å². The summed E-state index contributed by atoms with van der Waals surface area (Å²) < 4.78 is 5.39. The summed E-state index contributed by atoms with van der Waals surface area (Å²) in [6.07, 6.45) is 2.53. The van der Waals surface area contributed by atoms with Gasteiger partial charge in [0.1, 0.15) is 0 Å². The minimum atomic E-state index is 0.361. The molecule has 2 saturated heterocycles. The summed E-state index contributed by atoms with van der Waals surface area (Å²) in [7, 11) is 0. The van der Waals surface area contributed by atoms with Crippen molar-refractivity contribution >= 4 is 0 Å². The lowest BCUT2D eigenvalue weighted by atomic mass is 10.0. The lowest BCUT2D eigenvalue weighted by Gasteiger charge is -2.20. The predicted octanol–water partition coefficient (Wildman–Crippen LogP) is 0.692. The number of nitrogens with zero attached hydrogens (tertiary/aromatic N) is 1. The summed E-state index contributed by atoms with van der Waals surface area (Å²) in [5.74, 6) is 1.50. The molecule has 3 nitrogen and oxygen atoms in total. The average molecular weight is 198 g/mol. The van der Waals surface area contributed by atoms with E-state index in [9.17, 15) is 0 Å². The maximum atomic E-state index is 5.92. The van der Waals surface area contributed by atoms with Crippen LogP contribution in [0.2, 0.25) is 0 Å². The molecule has 0 aromatic carbocycles. The molecule has 0 amide bonds. The standard InChI is InChI=1S/C11H22N2O/c1-9(12)11-2-4-13(7-11)6-10-3-5-14-8-10/h9-11H,2-8,12H2,1H3. The van der Waals surface area contributed by atoms with Gasteiger partial charge in [-0.1, -0.05) is 0 Å². The Morgan fingerprint density at radius 2 is 2.36 bits per heavy atom. The van der Waals surface area contributed by atoms with Crippen LogP contribution in [0.15, 0.2) is 0 Å². The van der Waals surface area contributed by atoms with E-state index in [1.807, 2.05) is 0 Å². The molecule has 2 heterocycles. The molecule has 2 rings (SSSR count). The smallest absolute Gasteiger partial charge is 0.0507 e. The largest absolute Gasteiger partial charge is 0.381 e. The first-order valence-corrected chi connectivity index (χ1v) is 5.81. The zero-order valence-electron chi connectivity index (χ0n) is 9.11. The Kier molecular flexibility index (Phi) is 3.42. The zero-order chi connectivity index (χ0) is 9.97. The van der Waals surface area contributed by atoms with Crippen LogP contribution >= 0.6 is 0 Å². The minimum absolute atomic E-state index is 0.361. The van der Waals surface area contributed by atoms with Crippen molar-refractivity contribution in [1.82, 2.24) is 4.90 Å².